The maximum atomic E-state index is 12.7. The minimum absolute atomic E-state index is 0.0519. The van der Waals surface area contributed by atoms with Gasteiger partial charge in [0.05, 0.1) is 18.8 Å². The van der Waals surface area contributed by atoms with E-state index < -0.39 is 21.6 Å². The molecule has 6 nitrogen and oxygen atoms in total. The molecule has 2 rings (SSSR count). The summed E-state index contributed by atoms with van der Waals surface area (Å²) in [4.78, 5) is 13.9. The van der Waals surface area contributed by atoms with Gasteiger partial charge in [0.15, 0.2) is 0 Å². The summed E-state index contributed by atoms with van der Waals surface area (Å²) in [6.45, 7) is 4.80. The number of nitrogens with one attached hydrogen (secondary N) is 1. The van der Waals surface area contributed by atoms with Crippen LogP contribution in [0.4, 0.5) is 23.7 Å². The van der Waals surface area contributed by atoms with Gasteiger partial charge in [-0.15, -0.1) is 0 Å². The van der Waals surface area contributed by atoms with E-state index in [4.69, 9.17) is 4.74 Å². The molecule has 1 aromatic carbocycles. The molecule has 0 bridgehead atoms. The second-order valence-electron chi connectivity index (χ2n) is 7.43. The molecule has 0 unspecified atom stereocenters. The largest absolute Gasteiger partial charge is 0.516 e. The lowest BCUT2D eigenvalue weighted by atomic mass is 9.77. The fraction of sp³-hybridized carbons (Fsp3) is 0.632. The second-order valence-corrected chi connectivity index (χ2v) is 9.11. The number of amides is 1. The third-order valence-electron chi connectivity index (χ3n) is 5.16. The Balaban J connectivity index is 2.21. The van der Waals surface area contributed by atoms with E-state index in [1.807, 2.05) is 0 Å². The molecule has 1 amide bonds. The molecule has 0 radical (unpaired) electrons. The highest BCUT2D eigenvalue weighted by Gasteiger charge is 2.46. The van der Waals surface area contributed by atoms with Crippen molar-refractivity contribution in [3.8, 4) is 0 Å². The first kappa shape index (κ1) is 23.3. The van der Waals surface area contributed by atoms with Crippen molar-refractivity contribution in [3.63, 3.8) is 0 Å². The summed E-state index contributed by atoms with van der Waals surface area (Å²) in [5.74, 6) is 0. The van der Waals surface area contributed by atoms with Crippen molar-refractivity contribution in [1.82, 2.24) is 4.90 Å². The summed E-state index contributed by atoms with van der Waals surface area (Å²) < 4.78 is 68.2. The predicted molar refractivity (Wildman–Crippen MR) is 104 cm³/mol. The van der Waals surface area contributed by atoms with Crippen molar-refractivity contribution in [2.75, 3.05) is 17.9 Å². The van der Waals surface area contributed by atoms with Gasteiger partial charge in [0.1, 0.15) is 0 Å². The molecule has 1 saturated heterocycles. The number of para-hydroxylation sites is 1. The van der Waals surface area contributed by atoms with Crippen LogP contribution in [0, 0.1) is 5.41 Å². The molecule has 1 aliphatic rings. The highest BCUT2D eigenvalue weighted by molar-refractivity contribution is 7.93. The molecule has 1 aliphatic heterocycles. The topological polar surface area (TPSA) is 75.7 Å². The lowest BCUT2D eigenvalue weighted by molar-refractivity contribution is -0.0429. The van der Waals surface area contributed by atoms with Crippen molar-refractivity contribution >= 4 is 21.8 Å². The van der Waals surface area contributed by atoms with Crippen LogP contribution in [0.15, 0.2) is 24.3 Å². The number of carbonyl (C=O) groups excluding carboxylic acids is 1. The summed E-state index contributed by atoms with van der Waals surface area (Å²) in [6.07, 6.45) is 3.93. The Morgan fingerprint density at radius 2 is 1.79 bits per heavy atom. The van der Waals surface area contributed by atoms with Crippen LogP contribution in [0.25, 0.3) is 0 Å². The average Bonchev–Trinajstić information content (AvgIpc) is 2.77. The number of halogens is 3. The van der Waals surface area contributed by atoms with Crippen LogP contribution >= 0.6 is 0 Å². The van der Waals surface area contributed by atoms with Gasteiger partial charge < -0.3 is 9.64 Å². The van der Waals surface area contributed by atoms with Crippen molar-refractivity contribution in [2.24, 2.45) is 5.41 Å². The highest BCUT2D eigenvalue weighted by atomic mass is 32.2. The van der Waals surface area contributed by atoms with E-state index in [9.17, 15) is 26.4 Å². The van der Waals surface area contributed by atoms with E-state index in [-0.39, 0.29) is 23.2 Å². The number of alkyl halides is 3. The minimum Gasteiger partial charge on any atom is -0.449 e. The number of benzene rings is 1. The van der Waals surface area contributed by atoms with Crippen LogP contribution in [-0.2, 0) is 21.3 Å². The first-order valence-electron chi connectivity index (χ1n) is 9.62. The van der Waals surface area contributed by atoms with Gasteiger partial charge in [0.2, 0.25) is 0 Å². The zero-order valence-electron chi connectivity index (χ0n) is 16.6. The van der Waals surface area contributed by atoms with Crippen molar-refractivity contribution < 1.29 is 31.1 Å². The summed E-state index contributed by atoms with van der Waals surface area (Å²) in [5.41, 5.74) is -5.49. The van der Waals surface area contributed by atoms with E-state index in [1.165, 1.54) is 23.1 Å². The fourth-order valence-electron chi connectivity index (χ4n) is 3.73. The van der Waals surface area contributed by atoms with Gasteiger partial charge in [-0.2, -0.15) is 21.6 Å². The van der Waals surface area contributed by atoms with Crippen LogP contribution < -0.4 is 4.72 Å². The second kappa shape index (κ2) is 9.23. The minimum atomic E-state index is -5.55. The van der Waals surface area contributed by atoms with Gasteiger partial charge in [-0.3, -0.25) is 4.72 Å². The monoisotopic (exact) mass is 436 g/mol. The molecule has 0 aromatic heterocycles. The van der Waals surface area contributed by atoms with Crippen molar-refractivity contribution in [3.05, 3.63) is 29.8 Å². The van der Waals surface area contributed by atoms with E-state index >= 15 is 0 Å². The molecule has 0 spiro atoms. The number of carbonyl (C=O) groups is 1. The lowest BCUT2D eigenvalue weighted by Crippen LogP contribution is -2.32. The first-order valence-corrected chi connectivity index (χ1v) is 11.1. The van der Waals surface area contributed by atoms with E-state index in [0.717, 1.165) is 32.1 Å². The molecule has 29 heavy (non-hydrogen) atoms. The Morgan fingerprint density at radius 3 is 2.38 bits per heavy atom. The third kappa shape index (κ3) is 5.77. The highest BCUT2D eigenvalue weighted by Crippen LogP contribution is 2.37. The zero-order valence-corrected chi connectivity index (χ0v) is 17.4. The number of hydrogen-bond donors (Lipinski definition) is 1. The molecule has 0 atom stereocenters. The molecule has 1 fully saturated rings. The quantitative estimate of drug-likeness (QED) is 0.630. The smallest absolute Gasteiger partial charge is 0.449 e. The average molecular weight is 436 g/mol. The van der Waals surface area contributed by atoms with Crippen molar-refractivity contribution in [1.29, 1.82) is 0 Å². The summed E-state index contributed by atoms with van der Waals surface area (Å²) in [7, 11) is -5.55. The first-order chi connectivity index (χ1) is 13.5. The Kier molecular flexibility index (Phi) is 7.42. The van der Waals surface area contributed by atoms with Crippen LogP contribution in [0.3, 0.4) is 0 Å². The Hall–Kier alpha value is -1.97. The van der Waals surface area contributed by atoms with Gasteiger partial charge in [-0.1, -0.05) is 44.9 Å². The lowest BCUT2D eigenvalue weighted by Gasteiger charge is -2.30. The zero-order chi connectivity index (χ0) is 21.7. The van der Waals surface area contributed by atoms with E-state index in [2.05, 4.69) is 13.8 Å². The van der Waals surface area contributed by atoms with Crippen LogP contribution in [0.2, 0.25) is 0 Å². The van der Waals surface area contributed by atoms with Gasteiger partial charge in [-0.25, -0.2) is 4.79 Å². The number of anilines is 1. The van der Waals surface area contributed by atoms with Gasteiger partial charge in [0.25, 0.3) is 0 Å². The summed E-state index contributed by atoms with van der Waals surface area (Å²) >= 11 is 0. The SMILES string of the molecule is CCCC1(CCC)CCN(Cc2ccccc2NS(=O)(=O)C(F)(F)F)C(=O)OC1. The number of nitrogens with zero attached hydrogens (tertiary/aromatic N) is 1. The fourth-order valence-corrected chi connectivity index (χ4v) is 4.34. The normalized spacial score (nSPS) is 17.6. The van der Waals surface area contributed by atoms with Crippen LogP contribution in [0.5, 0.6) is 0 Å². The standard InChI is InChI=1S/C19H27F3N2O4S/c1-3-9-18(10-4-2)11-12-24(17(25)28-14-18)13-15-7-5-6-8-16(15)23-29(26,27)19(20,21)22/h5-8,23H,3-4,9-14H2,1-2H3. The predicted octanol–water partition coefficient (Wildman–Crippen LogP) is 4.88. The van der Waals surface area contributed by atoms with Crippen LogP contribution in [0.1, 0.15) is 51.5 Å². The van der Waals surface area contributed by atoms with Gasteiger partial charge in [-0.05, 0) is 30.9 Å². The van der Waals surface area contributed by atoms with E-state index in [0.29, 0.717) is 13.2 Å². The van der Waals surface area contributed by atoms with Crippen molar-refractivity contribution in [2.45, 2.75) is 58.0 Å². The maximum Gasteiger partial charge on any atom is 0.516 e. The maximum absolute atomic E-state index is 12.7. The number of sulfonamides is 1. The van der Waals surface area contributed by atoms with Gasteiger partial charge in [0, 0.05) is 12.0 Å². The molecular weight excluding hydrogens is 409 g/mol. The molecule has 0 aliphatic carbocycles. The molecule has 1 aromatic rings. The molecular formula is C19H27F3N2O4S. The molecule has 0 saturated carbocycles. The molecule has 164 valence electrons. The van der Waals surface area contributed by atoms with Gasteiger partial charge >= 0.3 is 21.6 Å². The third-order valence-corrected chi connectivity index (χ3v) is 6.26. The number of rotatable bonds is 8. The Bertz CT molecular complexity index is 806. The Labute approximate surface area is 169 Å². The summed E-state index contributed by atoms with van der Waals surface area (Å²) in [6, 6.07) is 5.71. The molecule has 1 N–H and O–H groups in total. The number of ether oxygens (including phenoxy) is 1. The molecule has 10 heteroatoms. The Morgan fingerprint density at radius 1 is 1.17 bits per heavy atom. The summed E-state index contributed by atoms with van der Waals surface area (Å²) in [5, 5.41) is 0. The molecule has 1 heterocycles. The van der Waals surface area contributed by atoms with E-state index in [1.54, 1.807) is 10.8 Å². The van der Waals surface area contributed by atoms with Crippen LogP contribution in [-0.4, -0.2) is 38.1 Å². The number of cyclic esters (lactones) is 1. The number of hydrogen-bond acceptors (Lipinski definition) is 4.